The molecule has 0 aliphatic carbocycles. The van der Waals surface area contributed by atoms with Crippen molar-refractivity contribution in [2.45, 2.75) is 0 Å². The Morgan fingerprint density at radius 1 is 0.810 bits per heavy atom. The van der Waals surface area contributed by atoms with Gasteiger partial charge in [0.05, 0.1) is 21.3 Å². The van der Waals surface area contributed by atoms with Crippen LogP contribution >= 0.6 is 0 Å². The number of ether oxygens (including phenoxy) is 3. The maximum atomic E-state index is 5.27. The van der Waals surface area contributed by atoms with Crippen molar-refractivity contribution in [1.29, 1.82) is 0 Å². The average molecular weight is 286 g/mol. The van der Waals surface area contributed by atoms with E-state index >= 15 is 0 Å². The first-order chi connectivity index (χ1) is 10.2. The summed E-state index contributed by atoms with van der Waals surface area (Å²) >= 11 is 0. The minimum atomic E-state index is 0.771. The minimum absolute atomic E-state index is 0.771. The second-order valence-electron chi connectivity index (χ2n) is 4.58. The van der Waals surface area contributed by atoms with E-state index in [0.717, 1.165) is 28.5 Å². The van der Waals surface area contributed by atoms with Crippen LogP contribution in [-0.2, 0) is 7.05 Å². The van der Waals surface area contributed by atoms with Gasteiger partial charge in [0.25, 0.3) is 0 Å². The van der Waals surface area contributed by atoms with Gasteiger partial charge in [-0.3, -0.25) is 0 Å². The number of nitrogens with zero attached hydrogens (tertiary/aromatic N) is 1. The summed E-state index contributed by atoms with van der Waals surface area (Å²) in [6.45, 7) is 0. The molecule has 0 unspecified atom stereocenters. The van der Waals surface area contributed by atoms with E-state index in [1.54, 1.807) is 21.3 Å². The number of benzene rings is 1. The lowest BCUT2D eigenvalue weighted by molar-refractivity contribution is -0.673. The van der Waals surface area contributed by atoms with E-state index in [1.807, 2.05) is 60.3 Å². The summed E-state index contributed by atoms with van der Waals surface area (Å²) in [5, 5.41) is 0. The second kappa shape index (κ2) is 6.79. The molecule has 2 aromatic rings. The molecule has 0 atom stereocenters. The fourth-order valence-corrected chi connectivity index (χ4v) is 1.99. The molecule has 0 aliphatic rings. The van der Waals surface area contributed by atoms with Gasteiger partial charge in [-0.2, -0.15) is 4.57 Å². The molecule has 0 spiro atoms. The summed E-state index contributed by atoms with van der Waals surface area (Å²) < 4.78 is 17.7. The molecule has 0 aliphatic heterocycles. The van der Waals surface area contributed by atoms with Gasteiger partial charge in [-0.1, -0.05) is 0 Å². The van der Waals surface area contributed by atoms with Crippen LogP contribution in [0.3, 0.4) is 0 Å². The normalized spacial score (nSPS) is 10.7. The van der Waals surface area contributed by atoms with Gasteiger partial charge in [-0.25, -0.2) is 0 Å². The Labute approximate surface area is 125 Å². The predicted molar refractivity (Wildman–Crippen MR) is 82.6 cm³/mol. The third-order valence-corrected chi connectivity index (χ3v) is 3.20. The number of aromatic nitrogens is 1. The van der Waals surface area contributed by atoms with Crippen molar-refractivity contribution in [2.24, 2.45) is 7.05 Å². The molecule has 110 valence electrons. The van der Waals surface area contributed by atoms with Gasteiger partial charge in [-0.05, 0) is 29.8 Å². The zero-order valence-corrected chi connectivity index (χ0v) is 12.8. The van der Waals surface area contributed by atoms with Gasteiger partial charge in [0.2, 0.25) is 11.9 Å². The van der Waals surface area contributed by atoms with E-state index in [-0.39, 0.29) is 0 Å². The molecule has 21 heavy (non-hydrogen) atoms. The molecule has 1 aromatic heterocycles. The highest BCUT2D eigenvalue weighted by molar-refractivity contribution is 5.68. The quantitative estimate of drug-likeness (QED) is 0.792. The van der Waals surface area contributed by atoms with Crippen LogP contribution in [0.1, 0.15) is 11.3 Å². The van der Waals surface area contributed by atoms with Crippen molar-refractivity contribution < 1.29 is 18.8 Å². The highest BCUT2D eigenvalue weighted by atomic mass is 16.5. The van der Waals surface area contributed by atoms with Crippen molar-refractivity contribution in [3.05, 3.63) is 47.8 Å². The van der Waals surface area contributed by atoms with E-state index in [1.165, 1.54) is 0 Å². The fourth-order valence-electron chi connectivity index (χ4n) is 1.99. The van der Waals surface area contributed by atoms with Gasteiger partial charge < -0.3 is 14.2 Å². The third-order valence-electron chi connectivity index (χ3n) is 3.20. The number of pyridine rings is 1. The van der Waals surface area contributed by atoms with Crippen molar-refractivity contribution in [2.75, 3.05) is 21.3 Å². The van der Waals surface area contributed by atoms with Crippen LogP contribution in [0.25, 0.3) is 12.2 Å². The molecular weight excluding hydrogens is 266 g/mol. The van der Waals surface area contributed by atoms with Crippen LogP contribution in [0.2, 0.25) is 0 Å². The van der Waals surface area contributed by atoms with Crippen LogP contribution in [0.4, 0.5) is 0 Å². The monoisotopic (exact) mass is 286 g/mol. The molecule has 1 aromatic carbocycles. The van der Waals surface area contributed by atoms with Crippen LogP contribution in [0.5, 0.6) is 17.2 Å². The van der Waals surface area contributed by atoms with Crippen molar-refractivity contribution in [1.82, 2.24) is 0 Å². The molecule has 4 heteroatoms. The van der Waals surface area contributed by atoms with Gasteiger partial charge in [-0.15, -0.1) is 0 Å². The van der Waals surface area contributed by atoms with Crippen molar-refractivity contribution in [3.63, 3.8) is 0 Å². The van der Waals surface area contributed by atoms with Crippen LogP contribution < -0.4 is 18.8 Å². The Bertz CT molecular complexity index is 628. The van der Waals surface area contributed by atoms with Crippen LogP contribution in [0, 0.1) is 0 Å². The summed E-state index contributed by atoms with van der Waals surface area (Å²) in [6, 6.07) is 9.72. The zero-order valence-electron chi connectivity index (χ0n) is 12.8. The average Bonchev–Trinajstić information content (AvgIpc) is 2.53. The summed E-state index contributed by atoms with van der Waals surface area (Å²) in [4.78, 5) is 0. The second-order valence-corrected chi connectivity index (χ2v) is 4.58. The third kappa shape index (κ3) is 3.75. The van der Waals surface area contributed by atoms with Crippen LogP contribution in [0.15, 0.2) is 36.5 Å². The van der Waals surface area contributed by atoms with Gasteiger partial charge >= 0.3 is 0 Å². The van der Waals surface area contributed by atoms with Gasteiger partial charge in [0, 0.05) is 18.2 Å². The van der Waals surface area contributed by atoms with E-state index in [9.17, 15) is 0 Å². The largest absolute Gasteiger partial charge is 0.497 e. The number of rotatable bonds is 5. The molecule has 0 amide bonds. The molecule has 0 N–H and O–H groups in total. The topological polar surface area (TPSA) is 31.6 Å². The Hall–Kier alpha value is -2.49. The van der Waals surface area contributed by atoms with E-state index in [2.05, 4.69) is 0 Å². The number of aryl methyl sites for hydroxylation is 1. The number of methoxy groups -OCH3 is 3. The molecule has 4 nitrogen and oxygen atoms in total. The Balaban J connectivity index is 2.28. The zero-order chi connectivity index (χ0) is 15.2. The summed E-state index contributed by atoms with van der Waals surface area (Å²) in [5.74, 6) is 2.37. The van der Waals surface area contributed by atoms with Crippen molar-refractivity contribution >= 4 is 12.2 Å². The molecule has 0 fully saturated rings. The first kappa shape index (κ1) is 14.9. The first-order valence-electron chi connectivity index (χ1n) is 6.61. The maximum absolute atomic E-state index is 5.27. The first-order valence-corrected chi connectivity index (χ1v) is 6.61. The molecule has 0 radical (unpaired) electrons. The highest BCUT2D eigenvalue weighted by Crippen LogP contribution is 2.23. The molecular formula is C17H20NO3+. The van der Waals surface area contributed by atoms with Crippen molar-refractivity contribution in [3.8, 4) is 17.2 Å². The Morgan fingerprint density at radius 2 is 1.43 bits per heavy atom. The number of hydrogen-bond acceptors (Lipinski definition) is 3. The lowest BCUT2D eigenvalue weighted by atomic mass is 10.1. The lowest BCUT2D eigenvalue weighted by Crippen LogP contribution is -2.31. The lowest BCUT2D eigenvalue weighted by Gasteiger charge is -2.05. The van der Waals surface area contributed by atoms with E-state index in [4.69, 9.17) is 14.2 Å². The summed E-state index contributed by atoms with van der Waals surface area (Å²) in [7, 11) is 6.93. The van der Waals surface area contributed by atoms with Gasteiger partial charge in [0.15, 0.2) is 5.75 Å². The van der Waals surface area contributed by atoms with Gasteiger partial charge in [0.1, 0.15) is 18.5 Å². The molecule has 0 saturated heterocycles. The SMILES string of the molecule is COc1cc(/C=C/c2ccc(OC)c[n+]2C)cc(OC)c1. The molecule has 2 rings (SSSR count). The molecule has 1 heterocycles. The minimum Gasteiger partial charge on any atom is -0.497 e. The molecule has 0 bridgehead atoms. The fraction of sp³-hybridized carbons (Fsp3) is 0.235. The van der Waals surface area contributed by atoms with E-state index < -0.39 is 0 Å². The summed E-state index contributed by atoms with van der Waals surface area (Å²) in [6.07, 6.45) is 5.99. The predicted octanol–water partition coefficient (Wildman–Crippen LogP) is 2.71. The number of hydrogen-bond donors (Lipinski definition) is 0. The van der Waals surface area contributed by atoms with Crippen LogP contribution in [-0.4, -0.2) is 21.3 Å². The Kier molecular flexibility index (Phi) is 4.82. The summed E-state index contributed by atoms with van der Waals surface area (Å²) in [5.41, 5.74) is 2.08. The maximum Gasteiger partial charge on any atom is 0.211 e. The highest BCUT2D eigenvalue weighted by Gasteiger charge is 2.05. The standard InChI is InChI=1S/C17H20NO3/c1-18-12-15(19-2)8-7-14(18)6-5-13-9-16(20-3)11-17(10-13)21-4/h5-12H,1-4H3/q+1/b6-5+. The smallest absolute Gasteiger partial charge is 0.211 e. The Morgan fingerprint density at radius 3 is 1.95 bits per heavy atom. The van der Waals surface area contributed by atoms with E-state index in [0.29, 0.717) is 0 Å². The molecule has 0 saturated carbocycles.